The summed E-state index contributed by atoms with van der Waals surface area (Å²) in [5, 5.41) is 0. The molecule has 0 unspecified atom stereocenters. The number of ether oxygens (including phenoxy) is 2. The molecule has 0 radical (unpaired) electrons. The molecule has 23 heavy (non-hydrogen) atoms. The molecule has 2 rings (SSSR count). The van der Waals surface area contributed by atoms with E-state index >= 15 is 0 Å². The molecule has 2 aliphatic heterocycles. The minimum atomic E-state index is -0.228. The molecule has 2 heterocycles. The van der Waals surface area contributed by atoms with E-state index in [1.165, 1.54) is 26.7 Å². The van der Waals surface area contributed by atoms with Gasteiger partial charge in [0.1, 0.15) is 13.2 Å². The highest BCUT2D eigenvalue weighted by Gasteiger charge is 2.46. The van der Waals surface area contributed by atoms with E-state index < -0.39 is 0 Å². The average Bonchev–Trinajstić information content (AvgIpc) is 2.53. The van der Waals surface area contributed by atoms with Gasteiger partial charge < -0.3 is 9.47 Å². The van der Waals surface area contributed by atoms with Crippen LogP contribution in [0.2, 0.25) is 0 Å². The van der Waals surface area contributed by atoms with Gasteiger partial charge in [-0.1, -0.05) is 0 Å². The first-order valence-corrected chi connectivity index (χ1v) is 11.7. The smallest absolute Gasteiger partial charge is 0.302 e. The quantitative estimate of drug-likeness (QED) is 0.631. The summed E-state index contributed by atoms with van der Waals surface area (Å²) in [7, 11) is 0. The van der Waals surface area contributed by atoms with Crippen molar-refractivity contribution >= 4 is 59.0 Å². The van der Waals surface area contributed by atoms with E-state index in [2.05, 4.69) is 0 Å². The summed E-state index contributed by atoms with van der Waals surface area (Å²) in [5.74, 6) is 3.91. The zero-order chi connectivity index (χ0) is 16.8. The van der Waals surface area contributed by atoms with Crippen LogP contribution in [0.4, 0.5) is 0 Å². The van der Waals surface area contributed by atoms with Crippen molar-refractivity contribution in [3.05, 3.63) is 0 Å². The van der Waals surface area contributed by atoms with Gasteiger partial charge in [-0.2, -0.15) is 0 Å². The lowest BCUT2D eigenvalue weighted by Gasteiger charge is -2.44. The van der Waals surface area contributed by atoms with Crippen LogP contribution in [0.5, 0.6) is 0 Å². The second-order valence-electron chi connectivity index (χ2n) is 5.66. The maximum Gasteiger partial charge on any atom is 0.302 e. The monoisotopic (exact) mass is 396 g/mol. The van der Waals surface area contributed by atoms with Gasteiger partial charge in [0, 0.05) is 20.3 Å². The fraction of sp³-hybridized carbons (Fsp3) is 0.867. The molecule has 2 fully saturated rings. The minimum absolute atomic E-state index is 0.124. The molecule has 0 aliphatic carbocycles. The van der Waals surface area contributed by atoms with Crippen LogP contribution >= 0.6 is 47.0 Å². The van der Waals surface area contributed by atoms with Gasteiger partial charge >= 0.3 is 11.9 Å². The Balaban J connectivity index is 2.11. The van der Waals surface area contributed by atoms with E-state index in [4.69, 9.17) is 9.47 Å². The van der Waals surface area contributed by atoms with E-state index in [1.54, 1.807) is 0 Å². The van der Waals surface area contributed by atoms with Crippen LogP contribution in [0.25, 0.3) is 0 Å². The lowest BCUT2D eigenvalue weighted by atomic mass is 10.2. The summed E-state index contributed by atoms with van der Waals surface area (Å²) in [5.41, 5.74) is 0. The van der Waals surface area contributed by atoms with Gasteiger partial charge in [-0.15, -0.1) is 47.0 Å². The molecule has 2 aliphatic rings. The molecule has 0 aromatic heterocycles. The highest BCUT2D eigenvalue weighted by Crippen LogP contribution is 2.55. The zero-order valence-corrected chi connectivity index (χ0v) is 16.9. The van der Waals surface area contributed by atoms with Crippen LogP contribution in [0.15, 0.2) is 0 Å². The first kappa shape index (κ1) is 19.7. The van der Waals surface area contributed by atoms with Crippen molar-refractivity contribution in [3.8, 4) is 0 Å². The van der Waals surface area contributed by atoms with Crippen LogP contribution in [0, 0.1) is 0 Å². The topological polar surface area (TPSA) is 52.6 Å². The van der Waals surface area contributed by atoms with Gasteiger partial charge in [-0.3, -0.25) is 9.59 Å². The lowest BCUT2D eigenvalue weighted by molar-refractivity contribution is -0.141. The van der Waals surface area contributed by atoms with Crippen molar-refractivity contribution in [3.63, 3.8) is 0 Å². The first-order chi connectivity index (χ1) is 11.0. The third-order valence-electron chi connectivity index (χ3n) is 3.57. The maximum atomic E-state index is 11.3. The molecule has 0 spiro atoms. The Labute approximate surface area is 155 Å². The zero-order valence-electron chi connectivity index (χ0n) is 13.6. The van der Waals surface area contributed by atoms with Crippen LogP contribution < -0.4 is 0 Å². The molecular weight excluding hydrogens is 372 g/mol. The number of hydrogen-bond donors (Lipinski definition) is 0. The molecule has 0 bridgehead atoms. The highest BCUT2D eigenvalue weighted by atomic mass is 32.2. The van der Waals surface area contributed by atoms with E-state index in [0.717, 1.165) is 29.4 Å². The summed E-state index contributed by atoms with van der Waals surface area (Å²) in [4.78, 5) is 22.6. The van der Waals surface area contributed by atoms with Crippen molar-refractivity contribution < 1.29 is 19.1 Å². The van der Waals surface area contributed by atoms with Gasteiger partial charge in [0.05, 0.1) is 8.16 Å². The molecule has 4 nitrogen and oxygen atoms in total. The molecule has 8 heteroatoms. The Hall–Kier alpha value is 0.340. The number of hydrogen-bond acceptors (Lipinski definition) is 8. The summed E-state index contributed by atoms with van der Waals surface area (Å²) in [6.45, 7) is 3.79. The normalized spacial score (nSPS) is 23.0. The Bertz CT molecular complexity index is 380. The molecule has 0 aromatic carbocycles. The second kappa shape index (κ2) is 9.15. The average molecular weight is 397 g/mol. The number of carbonyl (C=O) groups excluding carboxylic acids is 2. The highest BCUT2D eigenvalue weighted by molar-refractivity contribution is 8.20. The SMILES string of the molecule is CC(=O)OCC1(CC2(COC(C)=O)SCCCS2)SCCCS1. The van der Waals surface area contributed by atoms with Gasteiger partial charge in [-0.25, -0.2) is 0 Å². The maximum absolute atomic E-state index is 11.3. The number of esters is 2. The van der Waals surface area contributed by atoms with Crippen molar-refractivity contribution in [1.29, 1.82) is 0 Å². The van der Waals surface area contributed by atoms with E-state index in [-0.39, 0.29) is 20.1 Å². The van der Waals surface area contributed by atoms with Crippen LogP contribution in [0.1, 0.15) is 33.1 Å². The molecule has 0 saturated carbocycles. The third kappa shape index (κ3) is 6.29. The van der Waals surface area contributed by atoms with Gasteiger partial charge in [0.25, 0.3) is 0 Å². The van der Waals surface area contributed by atoms with Crippen molar-refractivity contribution in [2.75, 3.05) is 36.2 Å². The molecule has 0 amide bonds. The predicted octanol–water partition coefficient (Wildman–Crippen LogP) is 3.64. The van der Waals surface area contributed by atoms with Crippen LogP contribution in [0.3, 0.4) is 0 Å². The standard InChI is InChI=1S/C15H24O4S4/c1-12(16)18-10-14(20-5-3-6-21-14)9-15(11-19-13(2)17)22-7-4-8-23-15/h3-11H2,1-2H3. The fourth-order valence-electron chi connectivity index (χ4n) is 2.54. The second-order valence-corrected chi connectivity index (χ2v) is 12.1. The molecule has 0 aromatic rings. The number of carbonyl (C=O) groups is 2. The lowest BCUT2D eigenvalue weighted by Crippen LogP contribution is -2.43. The van der Waals surface area contributed by atoms with Crippen molar-refractivity contribution in [1.82, 2.24) is 0 Å². The molecule has 0 atom stereocenters. The molecule has 132 valence electrons. The summed E-state index contributed by atoms with van der Waals surface area (Å²) in [6, 6.07) is 0. The molecule has 0 N–H and O–H groups in total. The van der Waals surface area contributed by atoms with E-state index in [1.807, 2.05) is 47.0 Å². The van der Waals surface area contributed by atoms with E-state index in [0.29, 0.717) is 13.2 Å². The van der Waals surface area contributed by atoms with E-state index in [9.17, 15) is 9.59 Å². The third-order valence-corrected chi connectivity index (χ3v) is 10.1. The Morgan fingerprint density at radius 3 is 1.43 bits per heavy atom. The Morgan fingerprint density at radius 2 is 1.13 bits per heavy atom. The Kier molecular flexibility index (Phi) is 7.82. The largest absolute Gasteiger partial charge is 0.463 e. The molecule has 2 saturated heterocycles. The van der Waals surface area contributed by atoms with Gasteiger partial charge in [0.2, 0.25) is 0 Å². The summed E-state index contributed by atoms with van der Waals surface area (Å²) >= 11 is 7.59. The van der Waals surface area contributed by atoms with Crippen molar-refractivity contribution in [2.24, 2.45) is 0 Å². The summed E-state index contributed by atoms with van der Waals surface area (Å²) < 4.78 is 10.5. The number of rotatable bonds is 6. The Morgan fingerprint density at radius 1 is 0.783 bits per heavy atom. The number of thioether (sulfide) groups is 4. The first-order valence-electron chi connectivity index (χ1n) is 7.78. The minimum Gasteiger partial charge on any atom is -0.463 e. The van der Waals surface area contributed by atoms with Gasteiger partial charge in [0.15, 0.2) is 0 Å². The predicted molar refractivity (Wildman–Crippen MR) is 102 cm³/mol. The summed E-state index contributed by atoms with van der Waals surface area (Å²) in [6.07, 6.45) is 3.26. The molecular formula is C15H24O4S4. The van der Waals surface area contributed by atoms with Crippen LogP contribution in [-0.2, 0) is 19.1 Å². The fourth-order valence-corrected chi connectivity index (χ4v) is 9.54. The van der Waals surface area contributed by atoms with Crippen LogP contribution in [-0.4, -0.2) is 56.3 Å². The van der Waals surface area contributed by atoms with Crippen molar-refractivity contribution in [2.45, 2.75) is 41.3 Å². The van der Waals surface area contributed by atoms with Gasteiger partial charge in [-0.05, 0) is 35.9 Å².